The Hall–Kier alpha value is -3.35. The fraction of sp³-hybridized carbons (Fsp3) is 0.318. The molecule has 1 aliphatic heterocycles. The number of carbonyl (C=O) groups is 2. The van der Waals surface area contributed by atoms with Crippen LogP contribution in [-0.2, 0) is 16.0 Å². The van der Waals surface area contributed by atoms with Crippen molar-refractivity contribution >= 4 is 28.6 Å². The zero-order valence-corrected chi connectivity index (χ0v) is 16.2. The molecule has 2 heterocycles. The van der Waals surface area contributed by atoms with Gasteiger partial charge in [0.05, 0.1) is 5.52 Å². The number of benzene rings is 2. The van der Waals surface area contributed by atoms with Crippen LogP contribution >= 0.6 is 0 Å². The average molecular weight is 393 g/mol. The smallest absolute Gasteiger partial charge is 0.408 e. The Balaban J connectivity index is 1.31. The summed E-state index contributed by atoms with van der Waals surface area (Å²) in [5.41, 5.74) is 3.86. The normalized spacial score (nSPS) is 14.9. The Morgan fingerprint density at radius 1 is 1.14 bits per heavy atom. The molecule has 2 N–H and O–H groups in total. The minimum absolute atomic E-state index is 0.398. The molecular weight excluding hydrogens is 370 g/mol. The molecule has 0 saturated carbocycles. The molecule has 2 amide bonds. The van der Waals surface area contributed by atoms with Crippen molar-refractivity contribution < 1.29 is 14.0 Å². The minimum atomic E-state index is -0.674. The second-order valence-electron chi connectivity index (χ2n) is 7.60. The largest absolute Gasteiger partial charge is 0.417 e. The second-order valence-corrected chi connectivity index (χ2v) is 7.60. The lowest BCUT2D eigenvalue weighted by Crippen LogP contribution is -2.44. The van der Waals surface area contributed by atoms with Gasteiger partial charge in [-0.05, 0) is 55.9 Å². The van der Waals surface area contributed by atoms with Crippen LogP contribution in [0.25, 0.3) is 11.1 Å². The summed E-state index contributed by atoms with van der Waals surface area (Å²) >= 11 is 0. The zero-order valence-electron chi connectivity index (χ0n) is 16.2. The number of nitrogens with one attached hydrogen (secondary N) is 2. The number of anilines is 1. The van der Waals surface area contributed by atoms with Crippen molar-refractivity contribution in [2.75, 3.05) is 18.4 Å². The van der Waals surface area contributed by atoms with Crippen molar-refractivity contribution in [2.45, 2.75) is 26.2 Å². The Morgan fingerprint density at radius 3 is 2.59 bits per heavy atom. The third kappa shape index (κ3) is 4.39. The standard InChI is InChI=1S/C22H23N3O4/c1-14-2-4-15(5-3-14)12-16-8-10-25(11-9-16)21(27)20(26)23-17-6-7-19-18(13-17)24-22(28)29-19/h2-7,13,16H,8-12H2,1H3,(H,23,26)(H,24,28). The quantitative estimate of drug-likeness (QED) is 0.669. The van der Waals surface area contributed by atoms with E-state index >= 15 is 0 Å². The van der Waals surface area contributed by atoms with Crippen molar-refractivity contribution in [2.24, 2.45) is 5.92 Å². The van der Waals surface area contributed by atoms with Crippen molar-refractivity contribution in [1.82, 2.24) is 9.88 Å². The number of aromatic nitrogens is 1. The highest BCUT2D eigenvalue weighted by Crippen LogP contribution is 2.22. The molecule has 2 aromatic carbocycles. The van der Waals surface area contributed by atoms with Gasteiger partial charge in [-0.25, -0.2) is 4.79 Å². The molecule has 1 aliphatic rings. The van der Waals surface area contributed by atoms with Crippen molar-refractivity contribution in [3.05, 3.63) is 64.1 Å². The molecule has 7 nitrogen and oxygen atoms in total. The van der Waals surface area contributed by atoms with E-state index in [4.69, 9.17) is 4.42 Å². The molecule has 1 aromatic heterocycles. The van der Waals surface area contributed by atoms with E-state index in [-0.39, 0.29) is 0 Å². The fourth-order valence-corrected chi connectivity index (χ4v) is 3.76. The summed E-state index contributed by atoms with van der Waals surface area (Å²) in [5, 5.41) is 2.60. The Bertz CT molecular complexity index is 1090. The van der Waals surface area contributed by atoms with Gasteiger partial charge in [-0.2, -0.15) is 0 Å². The second kappa shape index (κ2) is 7.95. The molecule has 0 unspecified atom stereocenters. The first-order valence-electron chi connectivity index (χ1n) is 9.76. The van der Waals surface area contributed by atoms with Gasteiger partial charge in [-0.3, -0.25) is 14.6 Å². The average Bonchev–Trinajstić information content (AvgIpc) is 3.09. The van der Waals surface area contributed by atoms with Gasteiger partial charge in [0.1, 0.15) is 0 Å². The van der Waals surface area contributed by atoms with Gasteiger partial charge in [0.2, 0.25) is 0 Å². The van der Waals surface area contributed by atoms with Crippen LogP contribution in [0.15, 0.2) is 51.7 Å². The summed E-state index contributed by atoms with van der Waals surface area (Å²) in [7, 11) is 0. The number of oxazole rings is 1. The number of piperidine rings is 1. The fourth-order valence-electron chi connectivity index (χ4n) is 3.76. The van der Waals surface area contributed by atoms with Gasteiger partial charge < -0.3 is 14.6 Å². The molecule has 0 atom stereocenters. The number of aromatic amines is 1. The number of fused-ring (bicyclic) bond motifs is 1. The van der Waals surface area contributed by atoms with E-state index in [0.29, 0.717) is 35.8 Å². The van der Waals surface area contributed by atoms with Crippen molar-refractivity contribution in [3.8, 4) is 0 Å². The molecule has 0 aliphatic carbocycles. The van der Waals surface area contributed by atoms with Crippen LogP contribution < -0.4 is 11.1 Å². The van der Waals surface area contributed by atoms with Crippen LogP contribution in [0.1, 0.15) is 24.0 Å². The number of likely N-dealkylation sites (tertiary alicyclic amines) is 1. The van der Waals surface area contributed by atoms with Gasteiger partial charge in [-0.15, -0.1) is 0 Å². The number of hydrogen-bond acceptors (Lipinski definition) is 4. The summed E-state index contributed by atoms with van der Waals surface area (Å²) in [6, 6.07) is 13.3. The predicted molar refractivity (Wildman–Crippen MR) is 110 cm³/mol. The van der Waals surface area contributed by atoms with Crippen LogP contribution in [0, 0.1) is 12.8 Å². The van der Waals surface area contributed by atoms with E-state index in [1.807, 2.05) is 0 Å². The molecule has 0 spiro atoms. The number of carbonyl (C=O) groups excluding carboxylic acids is 2. The maximum Gasteiger partial charge on any atom is 0.417 e. The Morgan fingerprint density at radius 2 is 1.86 bits per heavy atom. The zero-order chi connectivity index (χ0) is 20.4. The van der Waals surface area contributed by atoms with Crippen LogP contribution in [-0.4, -0.2) is 34.8 Å². The lowest BCUT2D eigenvalue weighted by atomic mass is 9.90. The van der Waals surface area contributed by atoms with Crippen LogP contribution in [0.2, 0.25) is 0 Å². The van der Waals surface area contributed by atoms with Gasteiger partial charge >= 0.3 is 17.6 Å². The maximum atomic E-state index is 12.5. The third-order valence-corrected chi connectivity index (χ3v) is 5.42. The summed E-state index contributed by atoms with van der Waals surface area (Å²) in [4.78, 5) is 40.2. The number of H-pyrrole nitrogens is 1. The van der Waals surface area contributed by atoms with E-state index in [9.17, 15) is 14.4 Å². The summed E-state index contributed by atoms with van der Waals surface area (Å²) in [5.74, 6) is -1.25. The van der Waals surface area contributed by atoms with E-state index in [1.165, 1.54) is 11.1 Å². The first-order chi connectivity index (χ1) is 14.0. The van der Waals surface area contributed by atoms with Crippen molar-refractivity contribution in [1.29, 1.82) is 0 Å². The molecular formula is C22H23N3O4. The first kappa shape index (κ1) is 19.0. The van der Waals surface area contributed by atoms with Crippen LogP contribution in [0.3, 0.4) is 0 Å². The summed E-state index contributed by atoms with van der Waals surface area (Å²) < 4.78 is 4.93. The molecule has 7 heteroatoms. The number of nitrogens with zero attached hydrogens (tertiary/aromatic N) is 1. The lowest BCUT2D eigenvalue weighted by Gasteiger charge is -2.31. The lowest BCUT2D eigenvalue weighted by molar-refractivity contribution is -0.144. The summed E-state index contributed by atoms with van der Waals surface area (Å²) in [6.07, 6.45) is 2.77. The number of amides is 2. The highest BCUT2D eigenvalue weighted by Gasteiger charge is 2.27. The van der Waals surface area contributed by atoms with E-state index < -0.39 is 17.6 Å². The molecule has 1 fully saturated rings. The van der Waals surface area contributed by atoms with Gasteiger partial charge in [0.15, 0.2) is 5.58 Å². The van der Waals surface area contributed by atoms with Crippen molar-refractivity contribution in [3.63, 3.8) is 0 Å². The monoisotopic (exact) mass is 393 g/mol. The molecule has 150 valence electrons. The Labute approximate surface area is 167 Å². The molecule has 1 saturated heterocycles. The highest BCUT2D eigenvalue weighted by atomic mass is 16.4. The third-order valence-electron chi connectivity index (χ3n) is 5.42. The van der Waals surface area contributed by atoms with Gasteiger partial charge in [-0.1, -0.05) is 29.8 Å². The molecule has 4 rings (SSSR count). The highest BCUT2D eigenvalue weighted by molar-refractivity contribution is 6.39. The minimum Gasteiger partial charge on any atom is -0.408 e. The first-order valence-corrected chi connectivity index (χ1v) is 9.76. The van der Waals surface area contributed by atoms with E-state index in [0.717, 1.165) is 19.3 Å². The summed E-state index contributed by atoms with van der Waals surface area (Å²) in [6.45, 7) is 3.24. The number of aryl methyl sites for hydroxylation is 1. The molecule has 3 aromatic rings. The molecule has 0 radical (unpaired) electrons. The van der Waals surface area contributed by atoms with Gasteiger partial charge in [0.25, 0.3) is 0 Å². The molecule has 0 bridgehead atoms. The number of hydrogen-bond donors (Lipinski definition) is 2. The van der Waals surface area contributed by atoms with E-state index in [1.54, 1.807) is 23.1 Å². The maximum absolute atomic E-state index is 12.5. The topological polar surface area (TPSA) is 95.4 Å². The number of rotatable bonds is 3. The Kier molecular flexibility index (Phi) is 5.20. The van der Waals surface area contributed by atoms with Crippen LogP contribution in [0.5, 0.6) is 0 Å². The predicted octanol–water partition coefficient (Wildman–Crippen LogP) is 2.85. The SMILES string of the molecule is Cc1ccc(CC2CCN(C(=O)C(=O)Nc3ccc4oc(=O)[nH]c4c3)CC2)cc1. The van der Waals surface area contributed by atoms with Gasteiger partial charge in [0, 0.05) is 18.8 Å². The molecule has 29 heavy (non-hydrogen) atoms. The van der Waals surface area contributed by atoms with Crippen LogP contribution in [0.4, 0.5) is 5.69 Å². The van der Waals surface area contributed by atoms with E-state index in [2.05, 4.69) is 41.5 Å².